The predicted molar refractivity (Wildman–Crippen MR) is 540 cm³/mol. The van der Waals surface area contributed by atoms with Crippen LogP contribution < -0.4 is 47.8 Å². The maximum atomic E-state index is 12.4. The predicted octanol–water partition coefficient (Wildman–Crippen LogP) is 25.8. The number of hydrogen-bond acceptors (Lipinski definition) is 18. The summed E-state index contributed by atoms with van der Waals surface area (Å²) in [6, 6.07) is 36.8. The number of aromatic nitrogens is 12. The summed E-state index contributed by atoms with van der Waals surface area (Å²) in [7, 11) is 1.63. The maximum Gasteiger partial charge on any atom is 0.191 e. The summed E-state index contributed by atoms with van der Waals surface area (Å²) in [5.41, 5.74) is 13.1. The molecule has 10 aromatic heterocycles. The highest BCUT2D eigenvalue weighted by atomic mass is 35.5. The van der Waals surface area contributed by atoms with Crippen molar-refractivity contribution in [1.29, 1.82) is 0 Å². The summed E-state index contributed by atoms with van der Waals surface area (Å²) in [6.07, 6.45) is 5.30. The lowest BCUT2D eigenvalue weighted by atomic mass is 10.1. The number of hydrogen-bond donors (Lipinski definition) is 8. The lowest BCUT2D eigenvalue weighted by molar-refractivity contribution is 0.146. The average molecular weight is 1810 g/mol. The monoisotopic (exact) mass is 1810 g/mol. The first kappa shape index (κ1) is 104. The third-order valence-corrected chi connectivity index (χ3v) is 19.6. The molecule has 0 aliphatic heterocycles. The van der Waals surface area contributed by atoms with Crippen LogP contribution in [0.25, 0.3) is 100 Å². The molecule has 0 saturated heterocycles. The lowest BCUT2D eigenvalue weighted by Crippen LogP contribution is -2.09. The highest BCUT2D eigenvalue weighted by Crippen LogP contribution is 2.32. The zero-order chi connectivity index (χ0) is 93.5. The topological polar surface area (TPSA) is 293 Å². The van der Waals surface area contributed by atoms with Crippen LogP contribution >= 0.6 is 57.2 Å². The van der Waals surface area contributed by atoms with Crippen molar-refractivity contribution < 1.29 is 9.47 Å². The van der Waals surface area contributed by atoms with Gasteiger partial charge in [0.25, 0.3) is 0 Å². The number of ether oxygens (including phenoxy) is 2. The van der Waals surface area contributed by atoms with E-state index in [0.717, 1.165) is 112 Å². The Morgan fingerprint density at radius 2 is 0.754 bits per heavy atom. The van der Waals surface area contributed by atoms with E-state index in [9.17, 15) is 24.0 Å². The van der Waals surface area contributed by atoms with Crippen LogP contribution in [0.15, 0.2) is 180 Å². The van der Waals surface area contributed by atoms with E-state index in [-0.39, 0.29) is 27.1 Å². The number of halogens is 2. The van der Waals surface area contributed by atoms with Crippen LogP contribution in [0.1, 0.15) is 193 Å². The van der Waals surface area contributed by atoms with Gasteiger partial charge in [-0.25, -0.2) is 24.3 Å². The zero-order valence-corrected chi connectivity index (χ0v) is 82.6. The van der Waals surface area contributed by atoms with E-state index < -0.39 is 0 Å². The molecule has 8 N–H and O–H groups in total. The van der Waals surface area contributed by atoms with Gasteiger partial charge in [0, 0.05) is 123 Å². The Morgan fingerprint density at radius 3 is 1.14 bits per heavy atom. The van der Waals surface area contributed by atoms with E-state index >= 15 is 0 Å². The van der Waals surface area contributed by atoms with Crippen molar-refractivity contribution in [2.24, 2.45) is 29.6 Å². The highest BCUT2D eigenvalue weighted by Gasteiger charge is 2.17. The molecule has 0 saturated carbocycles. The molecule has 0 amide bonds. The van der Waals surface area contributed by atoms with Gasteiger partial charge in [-0.3, -0.25) is 24.0 Å². The molecule has 0 aliphatic rings. The van der Waals surface area contributed by atoms with Crippen molar-refractivity contribution in [2.75, 3.05) is 36.3 Å². The highest BCUT2D eigenvalue weighted by molar-refractivity contribution is 7.14. The van der Waals surface area contributed by atoms with Crippen molar-refractivity contribution in [3.63, 3.8) is 0 Å². The smallest absolute Gasteiger partial charge is 0.191 e. The van der Waals surface area contributed by atoms with E-state index in [2.05, 4.69) is 225 Å². The average Bonchev–Trinajstić information content (AvgIpc) is 1.71. The molecule has 0 aliphatic carbocycles. The second kappa shape index (κ2) is 50.5. The molecule has 0 bridgehead atoms. The molecule has 0 atom stereocenters. The Kier molecular flexibility index (Phi) is 41.7. The standard InChI is InChI=1S/C18H21N3O3S.C16H16ClN3OS.C16H17N3OS.C16H17N3O.C13H10ClN3O.5C4H10/c1-11(2)19-18-21-16(10-25-18)15-9-17(22)13-5-4-12(8-14(13)20-15)24-7-6-23-3;1-8(2)18-16-20-12(7-22-16)11-6-13(21)10-5-4-9(3)14(17)15(10)19-11;1-9(2)17-16-19-14(8-21-16)13-7-15(20)11-5-4-10(3)6-12(11)18-13;1-10(2)13-6-7-19(18-13)16-9-15(20)12-5-4-11(3)8-14(12)17-16;1-8-3-4-9-10(18)7-11(16-13(9)12(8)14)17-6-2-5-15-17;5*1-4(2)3/h4-5,8-11H,6-7H2,1-3H3,(H,19,21)(H,20,22);4-8H,1-3H3,(H,18,20)(H,19,21);4-9H,1-3H3,(H,17,19)(H,18,20);4-10H,1-3H3,(H,17,20);2-7H,1H3,(H,16,18);5*4H,1-3H3. The molecule has 22 nitrogen and oxygen atoms in total. The normalized spacial score (nSPS) is 10.9. The number of nitrogens with zero attached hydrogens (tertiary/aromatic N) is 7. The van der Waals surface area contributed by atoms with Crippen LogP contribution in [0.2, 0.25) is 10.0 Å². The Balaban J connectivity index is 0.000000231. The van der Waals surface area contributed by atoms with Gasteiger partial charge in [0.2, 0.25) is 0 Å². The fraction of sp³-hybridized carbons (Fsp3) is 0.394. The van der Waals surface area contributed by atoms with E-state index in [0.29, 0.717) is 114 Å². The van der Waals surface area contributed by atoms with Gasteiger partial charge in [-0.2, -0.15) is 10.2 Å². The van der Waals surface area contributed by atoms with Crippen LogP contribution in [0.5, 0.6) is 5.75 Å². The minimum absolute atomic E-state index is 0.00958. The van der Waals surface area contributed by atoms with Crippen LogP contribution in [0, 0.1) is 57.3 Å². The minimum Gasteiger partial charge on any atom is -0.491 e. The van der Waals surface area contributed by atoms with Gasteiger partial charge in [0.1, 0.15) is 24.0 Å². The quantitative estimate of drug-likeness (QED) is 0.0417. The molecule has 126 heavy (non-hydrogen) atoms. The molecular weight excluding hydrogens is 1680 g/mol. The first-order chi connectivity index (χ1) is 59.4. The van der Waals surface area contributed by atoms with Gasteiger partial charge < -0.3 is 50.3 Å². The number of anilines is 3. The van der Waals surface area contributed by atoms with E-state index in [1.807, 2.05) is 111 Å². The molecule has 27 heteroatoms. The zero-order valence-electron chi connectivity index (χ0n) is 78.6. The number of rotatable bonds is 16. The summed E-state index contributed by atoms with van der Waals surface area (Å²) < 4.78 is 13.9. The van der Waals surface area contributed by atoms with Gasteiger partial charge in [0.15, 0.2) is 42.5 Å². The summed E-state index contributed by atoms with van der Waals surface area (Å²) in [5, 5.41) is 31.1. The van der Waals surface area contributed by atoms with E-state index in [4.69, 9.17) is 32.7 Å². The second-order valence-corrected chi connectivity index (χ2v) is 38.4. The van der Waals surface area contributed by atoms with Crippen LogP contribution in [0.4, 0.5) is 15.4 Å². The van der Waals surface area contributed by atoms with Gasteiger partial charge in [-0.1, -0.05) is 165 Å². The molecule has 15 aromatic rings. The Labute approximate surface area is 764 Å². The number of H-pyrrole nitrogens is 5. The van der Waals surface area contributed by atoms with Crippen molar-refractivity contribution >= 4 is 127 Å². The largest absolute Gasteiger partial charge is 0.491 e. The molecular formula is C99H131Cl2N15O7S3. The lowest BCUT2D eigenvalue weighted by Gasteiger charge is -2.08. The third-order valence-electron chi connectivity index (χ3n) is 16.3. The van der Waals surface area contributed by atoms with Gasteiger partial charge in [0.05, 0.1) is 84.1 Å². The number of nitrogens with one attached hydrogen (secondary N) is 8. The third kappa shape index (κ3) is 33.5. The summed E-state index contributed by atoms with van der Waals surface area (Å²) >= 11 is 17.1. The number of thiazole rings is 3. The molecule has 0 radical (unpaired) electrons. The van der Waals surface area contributed by atoms with Crippen LogP contribution in [0.3, 0.4) is 0 Å². The van der Waals surface area contributed by atoms with Gasteiger partial charge in [-0.15, -0.1) is 34.0 Å². The first-order valence-corrected chi connectivity index (χ1v) is 46.3. The Bertz CT molecular complexity index is 6190. The molecule has 0 unspecified atom stereocenters. The molecule has 0 fully saturated rings. The number of aryl methyl sites for hydroxylation is 4. The fourth-order valence-corrected chi connectivity index (χ4v) is 14.0. The fourth-order valence-electron chi connectivity index (χ4n) is 11.0. The van der Waals surface area contributed by atoms with E-state index in [1.54, 1.807) is 94.8 Å². The Hall–Kier alpha value is -10.8. The van der Waals surface area contributed by atoms with E-state index in [1.165, 1.54) is 28.7 Å². The number of aromatic amines is 5. The molecule has 5 aromatic carbocycles. The Morgan fingerprint density at radius 1 is 0.397 bits per heavy atom. The SMILES string of the molecule is CC(C)C.CC(C)C.CC(C)C.CC(C)C.CC(C)C.COCCOc1ccc2c(=O)cc(-c3csc(NC(C)C)n3)[nH]c2c1.Cc1ccc2c(=O)cc(-c3csc(NC(C)C)n3)[nH]c2c1.Cc1ccc2c(=O)cc(-c3csc(NC(C)C)n3)[nH]c2c1Cl.Cc1ccc2c(=O)cc(-n3ccc(C(C)C)n3)[nH]c2c1.Cc1ccc2c(=O)cc(-n3cccn3)[nH]c2c1Cl. The maximum absolute atomic E-state index is 12.4. The number of benzene rings is 5. The van der Waals surface area contributed by atoms with Crippen LogP contribution in [-0.2, 0) is 4.74 Å². The molecule has 0 spiro atoms. The number of methoxy groups -OCH3 is 1. The summed E-state index contributed by atoms with van der Waals surface area (Å²) in [4.78, 5) is 91.0. The van der Waals surface area contributed by atoms with Crippen LogP contribution in [-0.4, -0.2) is 97.9 Å². The van der Waals surface area contributed by atoms with Gasteiger partial charge >= 0.3 is 0 Å². The van der Waals surface area contributed by atoms with Crippen molar-refractivity contribution in [1.82, 2.24) is 59.4 Å². The number of pyridine rings is 5. The molecule has 10 heterocycles. The second-order valence-electron chi connectivity index (χ2n) is 35.0. The number of fused-ring (bicyclic) bond motifs is 5. The molecule has 15 rings (SSSR count). The van der Waals surface area contributed by atoms with Crippen molar-refractivity contribution in [3.8, 4) is 51.5 Å². The first-order valence-electron chi connectivity index (χ1n) is 42.9. The van der Waals surface area contributed by atoms with Crippen molar-refractivity contribution in [3.05, 3.63) is 245 Å². The van der Waals surface area contributed by atoms with Gasteiger partial charge in [-0.05, 0) is 188 Å². The summed E-state index contributed by atoms with van der Waals surface area (Å²) in [6.45, 7) is 57.9. The minimum atomic E-state index is -0.0730. The summed E-state index contributed by atoms with van der Waals surface area (Å²) in [5.74, 6) is 6.52. The molecule has 676 valence electrons. The van der Waals surface area contributed by atoms with Crippen molar-refractivity contribution in [2.45, 2.75) is 211 Å².